The zero-order valence-corrected chi connectivity index (χ0v) is 8.20. The second-order valence-electron chi connectivity index (χ2n) is 2.11. The third kappa shape index (κ3) is 1.12. The fourth-order valence-corrected chi connectivity index (χ4v) is 2.54. The summed E-state index contributed by atoms with van der Waals surface area (Å²) in [6, 6.07) is 6.47. The van der Waals surface area contributed by atoms with Crippen molar-refractivity contribution in [1.29, 1.82) is 0 Å². The number of rotatable bonds is 0. The van der Waals surface area contributed by atoms with Gasteiger partial charge in [0, 0.05) is 14.2 Å². The third-order valence-electron chi connectivity index (χ3n) is 1.43. The van der Waals surface area contributed by atoms with Crippen LogP contribution in [0.4, 0.5) is 5.69 Å². The lowest BCUT2D eigenvalue weighted by Crippen LogP contribution is -1.87. The first kappa shape index (κ1) is 6.79. The Hall–Kier alpha value is 0.1000. The smallest absolute Gasteiger partial charge is 0.0658 e. The molecular formula is C7H6INS. The number of hydrogen-bond donors (Lipinski definition) is 1. The fraction of sp³-hybridized carbons (Fsp3) is 0.143. The van der Waals surface area contributed by atoms with Crippen LogP contribution >= 0.6 is 34.4 Å². The van der Waals surface area contributed by atoms with Crippen molar-refractivity contribution >= 4 is 40.0 Å². The Morgan fingerprint density at radius 2 is 2.40 bits per heavy atom. The van der Waals surface area contributed by atoms with E-state index in [-0.39, 0.29) is 0 Å². The van der Waals surface area contributed by atoms with Gasteiger partial charge in [0.2, 0.25) is 0 Å². The van der Waals surface area contributed by atoms with Crippen LogP contribution in [0.5, 0.6) is 0 Å². The SMILES string of the molecule is Ic1ccc2c(c1)SCN2. The number of anilines is 1. The second-order valence-corrected chi connectivity index (χ2v) is 4.37. The van der Waals surface area contributed by atoms with Gasteiger partial charge in [-0.05, 0) is 40.8 Å². The number of hydrogen-bond acceptors (Lipinski definition) is 2. The largest absolute Gasteiger partial charge is 0.375 e. The minimum Gasteiger partial charge on any atom is -0.375 e. The van der Waals surface area contributed by atoms with Crippen molar-refractivity contribution in [3.05, 3.63) is 21.8 Å². The van der Waals surface area contributed by atoms with E-state index in [1.165, 1.54) is 14.2 Å². The summed E-state index contributed by atoms with van der Waals surface area (Å²) >= 11 is 4.20. The molecule has 1 N–H and O–H groups in total. The Kier molecular flexibility index (Phi) is 1.78. The Labute approximate surface area is 77.7 Å². The van der Waals surface area contributed by atoms with Crippen molar-refractivity contribution in [2.24, 2.45) is 0 Å². The topological polar surface area (TPSA) is 12.0 Å². The molecule has 0 saturated carbocycles. The molecule has 0 bridgehead atoms. The third-order valence-corrected chi connectivity index (χ3v) is 3.04. The van der Waals surface area contributed by atoms with Crippen LogP contribution in [0.25, 0.3) is 0 Å². The van der Waals surface area contributed by atoms with Gasteiger partial charge in [0.15, 0.2) is 0 Å². The molecule has 0 fully saturated rings. The van der Waals surface area contributed by atoms with Gasteiger partial charge < -0.3 is 5.32 Å². The number of nitrogens with one attached hydrogen (secondary N) is 1. The zero-order valence-electron chi connectivity index (χ0n) is 5.23. The van der Waals surface area contributed by atoms with Crippen molar-refractivity contribution < 1.29 is 0 Å². The normalized spacial score (nSPS) is 14.5. The highest BCUT2D eigenvalue weighted by Gasteiger charge is 2.08. The summed E-state index contributed by atoms with van der Waals surface area (Å²) in [4.78, 5) is 1.38. The van der Waals surface area contributed by atoms with E-state index in [9.17, 15) is 0 Å². The van der Waals surface area contributed by atoms with Crippen molar-refractivity contribution in [2.75, 3.05) is 11.2 Å². The molecule has 0 spiro atoms. The van der Waals surface area contributed by atoms with E-state index >= 15 is 0 Å². The van der Waals surface area contributed by atoms with Crippen LogP contribution in [0, 0.1) is 3.57 Å². The first-order valence-electron chi connectivity index (χ1n) is 3.02. The maximum absolute atomic E-state index is 3.29. The predicted molar refractivity (Wildman–Crippen MR) is 53.5 cm³/mol. The lowest BCUT2D eigenvalue weighted by atomic mass is 10.3. The van der Waals surface area contributed by atoms with Gasteiger partial charge >= 0.3 is 0 Å². The van der Waals surface area contributed by atoms with Crippen LogP contribution in [-0.4, -0.2) is 5.88 Å². The lowest BCUT2D eigenvalue weighted by Gasteiger charge is -1.96. The molecule has 10 heavy (non-hydrogen) atoms. The van der Waals surface area contributed by atoms with Gasteiger partial charge in [0.05, 0.1) is 5.88 Å². The van der Waals surface area contributed by atoms with Crippen LogP contribution < -0.4 is 5.32 Å². The van der Waals surface area contributed by atoms with Gasteiger partial charge in [-0.15, -0.1) is 11.8 Å². The van der Waals surface area contributed by atoms with Crippen LogP contribution in [-0.2, 0) is 0 Å². The summed E-state index contributed by atoms with van der Waals surface area (Å²) in [6.45, 7) is 0. The van der Waals surface area contributed by atoms with Gasteiger partial charge in [0.25, 0.3) is 0 Å². The van der Waals surface area contributed by atoms with E-state index in [0.29, 0.717) is 0 Å². The Morgan fingerprint density at radius 1 is 1.50 bits per heavy atom. The van der Waals surface area contributed by atoms with E-state index in [4.69, 9.17) is 0 Å². The summed E-state index contributed by atoms with van der Waals surface area (Å²) in [5.74, 6) is 1.02. The van der Waals surface area contributed by atoms with Gasteiger partial charge in [0.1, 0.15) is 0 Å². The maximum Gasteiger partial charge on any atom is 0.0658 e. The molecule has 0 radical (unpaired) electrons. The molecule has 1 aromatic rings. The number of benzene rings is 1. The zero-order chi connectivity index (χ0) is 6.97. The molecule has 0 saturated heterocycles. The van der Waals surface area contributed by atoms with E-state index in [0.717, 1.165) is 5.88 Å². The van der Waals surface area contributed by atoms with E-state index in [1.54, 1.807) is 0 Å². The molecule has 0 aromatic heterocycles. The first-order chi connectivity index (χ1) is 4.86. The van der Waals surface area contributed by atoms with E-state index in [2.05, 4.69) is 46.1 Å². The molecule has 1 aliphatic rings. The van der Waals surface area contributed by atoms with E-state index in [1.807, 2.05) is 11.8 Å². The van der Waals surface area contributed by atoms with Crippen molar-refractivity contribution in [3.63, 3.8) is 0 Å². The van der Waals surface area contributed by atoms with Crippen molar-refractivity contribution in [3.8, 4) is 0 Å². The van der Waals surface area contributed by atoms with Gasteiger partial charge in [-0.2, -0.15) is 0 Å². The standard InChI is InChI=1S/C7H6INS/c8-5-1-2-6-7(3-5)10-4-9-6/h1-3,9H,4H2. The molecule has 0 atom stereocenters. The fourth-order valence-electron chi connectivity index (χ4n) is 0.953. The molecule has 0 amide bonds. The maximum atomic E-state index is 3.29. The molecule has 0 unspecified atom stereocenters. The van der Waals surface area contributed by atoms with Crippen LogP contribution in [0.1, 0.15) is 0 Å². The van der Waals surface area contributed by atoms with Gasteiger partial charge in [-0.3, -0.25) is 0 Å². The quantitative estimate of drug-likeness (QED) is 0.722. The Morgan fingerprint density at radius 3 is 3.30 bits per heavy atom. The van der Waals surface area contributed by atoms with E-state index < -0.39 is 0 Å². The average molecular weight is 263 g/mol. The first-order valence-corrected chi connectivity index (χ1v) is 5.09. The van der Waals surface area contributed by atoms with Gasteiger partial charge in [-0.25, -0.2) is 0 Å². The molecule has 2 rings (SSSR count). The highest BCUT2D eigenvalue weighted by atomic mass is 127. The molecule has 1 heterocycles. The highest BCUT2D eigenvalue weighted by molar-refractivity contribution is 14.1. The molecule has 0 aliphatic carbocycles. The molecule has 1 aliphatic heterocycles. The summed E-state index contributed by atoms with van der Waals surface area (Å²) in [7, 11) is 0. The van der Waals surface area contributed by atoms with Crippen LogP contribution in [0.15, 0.2) is 23.1 Å². The number of halogens is 1. The van der Waals surface area contributed by atoms with Crippen molar-refractivity contribution in [1.82, 2.24) is 0 Å². The summed E-state index contributed by atoms with van der Waals surface area (Å²) in [5, 5.41) is 3.29. The van der Waals surface area contributed by atoms with Crippen molar-refractivity contribution in [2.45, 2.75) is 4.90 Å². The monoisotopic (exact) mass is 263 g/mol. The lowest BCUT2D eigenvalue weighted by molar-refractivity contribution is 1.41. The molecule has 1 nitrogen and oxygen atoms in total. The minimum absolute atomic E-state index is 1.02. The van der Waals surface area contributed by atoms with Crippen LogP contribution in [0.3, 0.4) is 0 Å². The Bertz CT molecular complexity index is 262. The van der Waals surface area contributed by atoms with Crippen LogP contribution in [0.2, 0.25) is 0 Å². The summed E-state index contributed by atoms with van der Waals surface area (Å²) in [5.41, 5.74) is 1.28. The summed E-state index contributed by atoms with van der Waals surface area (Å²) in [6.07, 6.45) is 0. The van der Waals surface area contributed by atoms with Gasteiger partial charge in [-0.1, -0.05) is 0 Å². The molecule has 52 valence electrons. The minimum atomic E-state index is 1.02. The summed E-state index contributed by atoms with van der Waals surface area (Å²) < 4.78 is 1.31. The molecule has 1 aromatic carbocycles. The molecule has 3 heteroatoms. The highest BCUT2D eigenvalue weighted by Crippen LogP contribution is 2.34. The molecular weight excluding hydrogens is 257 g/mol. The second kappa shape index (κ2) is 2.62. The predicted octanol–water partition coefficient (Wildman–Crippen LogP) is 2.77. The Balaban J connectivity index is 2.52. The number of fused-ring (bicyclic) bond motifs is 1. The average Bonchev–Trinajstić information content (AvgIpc) is 2.33. The number of thioether (sulfide) groups is 1.